The van der Waals surface area contributed by atoms with Crippen molar-refractivity contribution >= 4 is 22.6 Å². The van der Waals surface area contributed by atoms with Gasteiger partial charge in [-0.1, -0.05) is 0 Å². The van der Waals surface area contributed by atoms with Crippen molar-refractivity contribution in [3.63, 3.8) is 0 Å². The summed E-state index contributed by atoms with van der Waals surface area (Å²) < 4.78 is 68.4. The molecule has 0 fully saturated rings. The first-order chi connectivity index (χ1) is 8.26. The Morgan fingerprint density at radius 2 is 1.89 bits per heavy atom. The summed E-state index contributed by atoms with van der Waals surface area (Å²) in [5.41, 5.74) is 0.113. The molecule has 0 amide bonds. The number of halogens is 6. The summed E-state index contributed by atoms with van der Waals surface area (Å²) in [5, 5.41) is 0. The second kappa shape index (κ2) is 6.14. The molecule has 0 heterocycles. The van der Waals surface area contributed by atoms with E-state index in [1.807, 2.05) is 0 Å². The quantitative estimate of drug-likeness (QED) is 0.543. The van der Waals surface area contributed by atoms with Gasteiger partial charge < -0.3 is 4.74 Å². The molecule has 0 bridgehead atoms. The maximum Gasteiger partial charge on any atom is 0.310 e. The van der Waals surface area contributed by atoms with E-state index < -0.39 is 30.7 Å². The minimum atomic E-state index is -4.17. The highest BCUT2D eigenvalue weighted by Gasteiger charge is 2.43. The number of benzene rings is 1. The lowest BCUT2D eigenvalue weighted by Crippen LogP contribution is -2.29. The lowest BCUT2D eigenvalue weighted by Gasteiger charge is -2.22. The lowest BCUT2D eigenvalue weighted by molar-refractivity contribution is -0.152. The third-order valence-corrected chi connectivity index (χ3v) is 2.94. The molecule has 1 atom stereocenters. The molecule has 0 saturated heterocycles. The van der Waals surface area contributed by atoms with Gasteiger partial charge in [0.2, 0.25) is 0 Å². The molecule has 1 unspecified atom stereocenters. The summed E-state index contributed by atoms with van der Waals surface area (Å²) in [7, 11) is 1.12. The molecule has 1 nitrogen and oxygen atoms in total. The van der Waals surface area contributed by atoms with Crippen LogP contribution in [0.1, 0.15) is 18.1 Å². The van der Waals surface area contributed by atoms with E-state index in [4.69, 9.17) is 4.74 Å². The van der Waals surface area contributed by atoms with E-state index in [-0.39, 0.29) is 5.56 Å². The van der Waals surface area contributed by atoms with Crippen LogP contribution in [0.15, 0.2) is 18.2 Å². The van der Waals surface area contributed by atoms with E-state index >= 15 is 0 Å². The largest absolute Gasteiger partial charge is 0.377 e. The van der Waals surface area contributed by atoms with Gasteiger partial charge in [-0.25, -0.2) is 22.0 Å². The highest BCUT2D eigenvalue weighted by Crippen LogP contribution is 2.35. The number of rotatable bonds is 5. The molecule has 0 aliphatic heterocycles. The smallest absolute Gasteiger partial charge is 0.310 e. The van der Waals surface area contributed by atoms with Gasteiger partial charge in [0, 0.05) is 17.1 Å². The van der Waals surface area contributed by atoms with Crippen LogP contribution in [0.3, 0.4) is 0 Å². The maximum atomic E-state index is 13.1. The molecule has 0 aliphatic rings. The molecule has 0 radical (unpaired) electrons. The van der Waals surface area contributed by atoms with Crippen LogP contribution in [0.4, 0.5) is 22.0 Å². The first kappa shape index (κ1) is 15.6. The number of hydrogen-bond donors (Lipinski definition) is 0. The van der Waals surface area contributed by atoms with Gasteiger partial charge in [0.1, 0.15) is 5.82 Å². The van der Waals surface area contributed by atoms with Crippen LogP contribution in [0, 0.1) is 9.39 Å². The molecule has 102 valence electrons. The van der Waals surface area contributed by atoms with Gasteiger partial charge in [0.25, 0.3) is 0 Å². The normalized spacial score (nSPS) is 14.0. The highest BCUT2D eigenvalue weighted by molar-refractivity contribution is 14.1. The number of ether oxygens (including phenoxy) is 1. The van der Waals surface area contributed by atoms with Crippen LogP contribution in [-0.4, -0.2) is 19.5 Å². The number of hydrogen-bond acceptors (Lipinski definition) is 1. The predicted octanol–water partition coefficient (Wildman–Crippen LogP) is 4.41. The van der Waals surface area contributed by atoms with E-state index in [0.29, 0.717) is 3.57 Å². The van der Waals surface area contributed by atoms with Crippen LogP contribution in [0.25, 0.3) is 0 Å². The second-order valence-corrected chi connectivity index (χ2v) is 4.94. The zero-order valence-electron chi connectivity index (χ0n) is 9.27. The fourth-order valence-corrected chi connectivity index (χ4v) is 2.09. The zero-order chi connectivity index (χ0) is 13.9. The first-order valence-corrected chi connectivity index (χ1v) is 5.99. The summed E-state index contributed by atoms with van der Waals surface area (Å²) in [6.45, 7) is 0. The van der Waals surface area contributed by atoms with Crippen LogP contribution in [0.5, 0.6) is 0 Å². The van der Waals surface area contributed by atoms with Gasteiger partial charge in [-0.05, 0) is 46.4 Å². The Kier molecular flexibility index (Phi) is 5.32. The Morgan fingerprint density at radius 3 is 2.33 bits per heavy atom. The standard InChI is InChI=1S/C11H10F5IO/c1-18-9(5-11(15,16)10(13)14)6-2-7(12)4-8(17)3-6/h2-4,9-10H,5H2,1H3. The van der Waals surface area contributed by atoms with E-state index in [2.05, 4.69) is 0 Å². The van der Waals surface area contributed by atoms with Crippen molar-refractivity contribution in [1.82, 2.24) is 0 Å². The average molecular weight is 380 g/mol. The summed E-state index contributed by atoms with van der Waals surface area (Å²) >= 11 is 1.80. The summed E-state index contributed by atoms with van der Waals surface area (Å²) in [5.74, 6) is -4.79. The highest BCUT2D eigenvalue weighted by atomic mass is 127. The Morgan fingerprint density at radius 1 is 1.28 bits per heavy atom. The lowest BCUT2D eigenvalue weighted by atomic mass is 10.0. The molecule has 18 heavy (non-hydrogen) atoms. The van der Waals surface area contributed by atoms with Gasteiger partial charge in [-0.3, -0.25) is 0 Å². The number of methoxy groups -OCH3 is 1. The van der Waals surface area contributed by atoms with Gasteiger partial charge in [0.15, 0.2) is 0 Å². The Hall–Kier alpha value is -0.440. The first-order valence-electron chi connectivity index (χ1n) is 4.91. The SMILES string of the molecule is COC(CC(F)(F)C(F)F)c1cc(F)cc(I)c1. The molecule has 1 aromatic rings. The topological polar surface area (TPSA) is 9.23 Å². The summed E-state index contributed by atoms with van der Waals surface area (Å²) in [4.78, 5) is 0. The third-order valence-electron chi connectivity index (χ3n) is 2.32. The van der Waals surface area contributed by atoms with Crippen molar-refractivity contribution in [3.8, 4) is 0 Å². The van der Waals surface area contributed by atoms with Crippen molar-refractivity contribution in [2.24, 2.45) is 0 Å². The molecule has 0 aliphatic carbocycles. The fourth-order valence-electron chi connectivity index (χ4n) is 1.43. The summed E-state index contributed by atoms with van der Waals surface area (Å²) in [6.07, 6.45) is -6.25. The minimum absolute atomic E-state index is 0.113. The molecule has 0 aromatic heterocycles. The molecule has 0 spiro atoms. The van der Waals surface area contributed by atoms with Crippen LogP contribution in [0.2, 0.25) is 0 Å². The van der Waals surface area contributed by atoms with Crippen LogP contribution in [-0.2, 0) is 4.74 Å². The van der Waals surface area contributed by atoms with Crippen molar-refractivity contribution in [3.05, 3.63) is 33.1 Å². The summed E-state index contributed by atoms with van der Waals surface area (Å²) in [6, 6.07) is 3.61. The van der Waals surface area contributed by atoms with Gasteiger partial charge in [-0.15, -0.1) is 0 Å². The van der Waals surface area contributed by atoms with E-state index in [1.54, 1.807) is 22.6 Å². The van der Waals surface area contributed by atoms with Crippen molar-refractivity contribution in [2.45, 2.75) is 24.9 Å². The van der Waals surface area contributed by atoms with Crippen molar-refractivity contribution in [2.75, 3.05) is 7.11 Å². The molecular formula is C11H10F5IO. The Labute approximate surface area is 114 Å². The fraction of sp³-hybridized carbons (Fsp3) is 0.455. The molecule has 1 rings (SSSR count). The molecule has 7 heteroatoms. The Bertz CT molecular complexity index is 390. The van der Waals surface area contributed by atoms with E-state index in [0.717, 1.165) is 13.2 Å². The molecule has 1 aromatic carbocycles. The van der Waals surface area contributed by atoms with Gasteiger partial charge in [-0.2, -0.15) is 0 Å². The van der Waals surface area contributed by atoms with E-state index in [9.17, 15) is 22.0 Å². The molecule has 0 saturated carbocycles. The van der Waals surface area contributed by atoms with Crippen LogP contribution < -0.4 is 0 Å². The average Bonchev–Trinajstić information content (AvgIpc) is 2.24. The predicted molar refractivity (Wildman–Crippen MR) is 64.4 cm³/mol. The zero-order valence-corrected chi connectivity index (χ0v) is 11.4. The third kappa shape index (κ3) is 4.04. The minimum Gasteiger partial charge on any atom is -0.377 e. The monoisotopic (exact) mass is 380 g/mol. The van der Waals surface area contributed by atoms with Gasteiger partial charge in [0.05, 0.1) is 6.10 Å². The van der Waals surface area contributed by atoms with Crippen LogP contribution >= 0.6 is 22.6 Å². The molecular weight excluding hydrogens is 370 g/mol. The second-order valence-electron chi connectivity index (χ2n) is 3.69. The Balaban J connectivity index is 2.96. The van der Waals surface area contributed by atoms with Gasteiger partial charge >= 0.3 is 12.3 Å². The maximum absolute atomic E-state index is 13.1. The molecule has 0 N–H and O–H groups in total. The van der Waals surface area contributed by atoms with E-state index in [1.165, 1.54) is 12.1 Å². The van der Waals surface area contributed by atoms with Crippen molar-refractivity contribution in [1.29, 1.82) is 0 Å². The number of alkyl halides is 4. The van der Waals surface area contributed by atoms with Crippen molar-refractivity contribution < 1.29 is 26.7 Å².